The lowest BCUT2D eigenvalue weighted by molar-refractivity contribution is 0.00578. The molecule has 5 nitrogen and oxygen atoms in total. The smallest absolute Gasteiger partial charge is 0.399 e. The van der Waals surface area contributed by atoms with Crippen molar-refractivity contribution >= 4 is 45.7 Å². The number of halogens is 1. The standard InChI is InChI=1S/C32H29BO2.C27H18ClN3/c1-31(2)32(3,4)35-33(34-31)30-11-7-10-24(21-30)25-14-15-29-20-28(17-16-27(29)19-25)26-13-12-22-8-5-6-9-23(22)18-26;28-27-30-25(23-15-11-21(12-16-23)19-7-3-1-4-8-19)29-26(31-27)24-17-13-22(14-18-24)20-9-5-2-6-10-20/h5-21H,1-4H3;1-18H. The first-order valence-electron chi connectivity index (χ1n) is 22.3. The predicted octanol–water partition coefficient (Wildman–Crippen LogP) is 14.8. The molecule has 0 atom stereocenters. The molecule has 0 aliphatic carbocycles. The maximum Gasteiger partial charge on any atom is 0.494 e. The van der Waals surface area contributed by atoms with Crippen molar-refractivity contribution in [3.63, 3.8) is 0 Å². The summed E-state index contributed by atoms with van der Waals surface area (Å²) >= 11 is 6.24. The molecule has 0 spiro atoms. The summed E-state index contributed by atoms with van der Waals surface area (Å²) in [4.78, 5) is 13.4. The summed E-state index contributed by atoms with van der Waals surface area (Å²) < 4.78 is 12.5. The zero-order valence-corrected chi connectivity index (χ0v) is 38.1. The molecule has 1 aromatic heterocycles. The summed E-state index contributed by atoms with van der Waals surface area (Å²) in [6.07, 6.45) is 0. The van der Waals surface area contributed by atoms with E-state index in [1.165, 1.54) is 49.4 Å². The normalized spacial score (nSPS) is 13.9. The van der Waals surface area contributed by atoms with Gasteiger partial charge in [-0.1, -0.05) is 194 Å². The Morgan fingerprint density at radius 1 is 0.333 bits per heavy atom. The number of benzene rings is 9. The zero-order chi connectivity index (χ0) is 45.3. The van der Waals surface area contributed by atoms with E-state index in [1.54, 1.807) is 0 Å². The summed E-state index contributed by atoms with van der Waals surface area (Å²) in [5, 5.41) is 5.18. The van der Waals surface area contributed by atoms with Gasteiger partial charge in [0.2, 0.25) is 5.28 Å². The third kappa shape index (κ3) is 9.04. The molecule has 0 saturated carbocycles. The third-order valence-electron chi connectivity index (χ3n) is 12.8. The molecule has 320 valence electrons. The van der Waals surface area contributed by atoms with Gasteiger partial charge in [0.1, 0.15) is 0 Å². The Hall–Kier alpha value is -7.22. The molecule has 11 rings (SSSR count). The minimum atomic E-state index is -0.357. The largest absolute Gasteiger partial charge is 0.494 e. The fraction of sp³-hybridized carbons (Fsp3) is 0.102. The number of hydrogen-bond donors (Lipinski definition) is 0. The fourth-order valence-electron chi connectivity index (χ4n) is 8.31. The van der Waals surface area contributed by atoms with Crippen molar-refractivity contribution in [2.75, 3.05) is 0 Å². The van der Waals surface area contributed by atoms with Crippen molar-refractivity contribution in [1.29, 1.82) is 0 Å². The predicted molar refractivity (Wildman–Crippen MR) is 275 cm³/mol. The van der Waals surface area contributed by atoms with E-state index in [-0.39, 0.29) is 23.6 Å². The van der Waals surface area contributed by atoms with Crippen LogP contribution in [0, 0.1) is 0 Å². The van der Waals surface area contributed by atoms with Crippen LogP contribution in [0.4, 0.5) is 0 Å². The minimum absolute atomic E-state index is 0.180. The average Bonchev–Trinajstić information content (AvgIpc) is 3.59. The second-order valence-electron chi connectivity index (χ2n) is 17.7. The van der Waals surface area contributed by atoms with Crippen molar-refractivity contribution in [2.24, 2.45) is 0 Å². The number of nitrogens with zero attached hydrogens (tertiary/aromatic N) is 3. The van der Waals surface area contributed by atoms with E-state index < -0.39 is 0 Å². The molecule has 1 aliphatic heterocycles. The summed E-state index contributed by atoms with van der Waals surface area (Å²) in [6, 6.07) is 73.9. The number of rotatable bonds is 7. The van der Waals surface area contributed by atoms with Crippen LogP contribution in [0.5, 0.6) is 0 Å². The number of hydrogen-bond acceptors (Lipinski definition) is 5. The van der Waals surface area contributed by atoms with Crippen LogP contribution >= 0.6 is 11.6 Å². The molecule has 0 unspecified atom stereocenters. The van der Waals surface area contributed by atoms with Crippen LogP contribution in [0.15, 0.2) is 212 Å². The van der Waals surface area contributed by atoms with Gasteiger partial charge < -0.3 is 9.31 Å². The molecule has 0 amide bonds. The summed E-state index contributed by atoms with van der Waals surface area (Å²) in [6.45, 7) is 8.36. The Morgan fingerprint density at radius 2 is 0.682 bits per heavy atom. The highest BCUT2D eigenvalue weighted by Gasteiger charge is 2.51. The average molecular weight is 876 g/mol. The molecule has 10 aromatic rings. The van der Waals surface area contributed by atoms with Gasteiger partial charge in [0.05, 0.1) is 11.2 Å². The van der Waals surface area contributed by atoms with E-state index in [1.807, 2.05) is 60.7 Å². The van der Waals surface area contributed by atoms with Gasteiger partial charge in [0, 0.05) is 11.1 Å². The summed E-state index contributed by atoms with van der Waals surface area (Å²) in [7, 11) is -0.357. The number of fused-ring (bicyclic) bond motifs is 2. The van der Waals surface area contributed by atoms with Crippen LogP contribution in [0.25, 0.3) is 88.8 Å². The zero-order valence-electron chi connectivity index (χ0n) is 37.3. The molecule has 7 heteroatoms. The van der Waals surface area contributed by atoms with E-state index in [9.17, 15) is 0 Å². The van der Waals surface area contributed by atoms with Crippen molar-refractivity contribution in [3.05, 3.63) is 218 Å². The summed E-state index contributed by atoms with van der Waals surface area (Å²) in [5.41, 5.74) is 11.6. The Morgan fingerprint density at radius 3 is 1.17 bits per heavy atom. The van der Waals surface area contributed by atoms with Gasteiger partial charge >= 0.3 is 7.12 Å². The Bertz CT molecular complexity index is 3210. The highest BCUT2D eigenvalue weighted by atomic mass is 35.5. The van der Waals surface area contributed by atoms with Crippen molar-refractivity contribution in [3.8, 4) is 67.3 Å². The first-order chi connectivity index (χ1) is 32.0. The van der Waals surface area contributed by atoms with Gasteiger partial charge in [0.25, 0.3) is 0 Å². The molecule has 1 aliphatic rings. The maximum atomic E-state index is 6.27. The van der Waals surface area contributed by atoms with Crippen molar-refractivity contribution in [2.45, 2.75) is 38.9 Å². The fourth-order valence-corrected chi connectivity index (χ4v) is 8.47. The van der Waals surface area contributed by atoms with Crippen LogP contribution in [0.3, 0.4) is 0 Å². The molecular formula is C59H47BClN3O2. The topological polar surface area (TPSA) is 57.1 Å². The van der Waals surface area contributed by atoms with Crippen LogP contribution in [-0.4, -0.2) is 33.3 Å². The molecule has 0 bridgehead atoms. The minimum Gasteiger partial charge on any atom is -0.399 e. The van der Waals surface area contributed by atoms with Crippen molar-refractivity contribution < 1.29 is 9.31 Å². The second kappa shape index (κ2) is 18.0. The lowest BCUT2D eigenvalue weighted by Crippen LogP contribution is -2.41. The first-order valence-corrected chi connectivity index (χ1v) is 22.7. The van der Waals surface area contributed by atoms with Gasteiger partial charge in [-0.3, -0.25) is 0 Å². The lowest BCUT2D eigenvalue weighted by atomic mass is 9.78. The van der Waals surface area contributed by atoms with Crippen LogP contribution in [0.1, 0.15) is 27.7 Å². The van der Waals surface area contributed by atoms with E-state index >= 15 is 0 Å². The Labute approximate surface area is 391 Å². The van der Waals surface area contributed by atoms with E-state index in [0.29, 0.717) is 11.6 Å². The number of aromatic nitrogens is 3. The van der Waals surface area contributed by atoms with Crippen molar-refractivity contribution in [1.82, 2.24) is 15.0 Å². The molecule has 1 saturated heterocycles. The molecule has 0 radical (unpaired) electrons. The second-order valence-corrected chi connectivity index (χ2v) is 18.0. The first kappa shape index (κ1) is 42.7. The highest BCUT2D eigenvalue weighted by Crippen LogP contribution is 2.37. The molecule has 0 N–H and O–H groups in total. The van der Waals surface area contributed by atoms with Crippen LogP contribution in [0.2, 0.25) is 5.28 Å². The van der Waals surface area contributed by atoms with E-state index in [0.717, 1.165) is 33.3 Å². The lowest BCUT2D eigenvalue weighted by Gasteiger charge is -2.32. The van der Waals surface area contributed by atoms with Gasteiger partial charge in [0.15, 0.2) is 11.6 Å². The van der Waals surface area contributed by atoms with Gasteiger partial charge in [-0.2, -0.15) is 9.97 Å². The Balaban J connectivity index is 0.000000156. The molecule has 2 heterocycles. The molecule has 1 fully saturated rings. The SMILES string of the molecule is CC1(C)OB(c2cccc(-c3ccc4cc(-c5ccc6ccccc6c5)ccc4c3)c2)OC1(C)C.Clc1nc(-c2ccc(-c3ccccc3)cc2)nc(-c2ccc(-c3ccccc3)cc2)n1. The maximum absolute atomic E-state index is 6.27. The highest BCUT2D eigenvalue weighted by molar-refractivity contribution is 6.62. The summed E-state index contributed by atoms with van der Waals surface area (Å²) in [5.74, 6) is 1.11. The third-order valence-corrected chi connectivity index (χ3v) is 12.9. The van der Waals surface area contributed by atoms with Gasteiger partial charge in [-0.25, -0.2) is 4.98 Å². The quantitative estimate of drug-likeness (QED) is 0.149. The van der Waals surface area contributed by atoms with Gasteiger partial charge in [-0.05, 0) is 129 Å². The van der Waals surface area contributed by atoms with Gasteiger partial charge in [-0.15, -0.1) is 0 Å². The monoisotopic (exact) mass is 875 g/mol. The van der Waals surface area contributed by atoms with Crippen LogP contribution < -0.4 is 5.46 Å². The molecule has 9 aromatic carbocycles. The molecular weight excluding hydrogens is 829 g/mol. The Kier molecular flexibility index (Phi) is 11.6. The van der Waals surface area contributed by atoms with E-state index in [4.69, 9.17) is 20.9 Å². The van der Waals surface area contributed by atoms with Crippen LogP contribution in [-0.2, 0) is 9.31 Å². The molecule has 66 heavy (non-hydrogen) atoms. The van der Waals surface area contributed by atoms with E-state index in [2.05, 4.69) is 194 Å².